The predicted octanol–water partition coefficient (Wildman–Crippen LogP) is -0.00413. The van der Waals surface area contributed by atoms with Crippen LogP contribution in [0.4, 0.5) is 0 Å². The van der Waals surface area contributed by atoms with Crippen LogP contribution < -0.4 is 11.1 Å². The summed E-state index contributed by atoms with van der Waals surface area (Å²) in [6.07, 6.45) is 2.65. The van der Waals surface area contributed by atoms with Crippen molar-refractivity contribution in [3.8, 4) is 0 Å². The van der Waals surface area contributed by atoms with E-state index in [0.717, 1.165) is 18.4 Å². The number of carboxylic acid groups (broad SMARTS) is 1. The number of nitrogens with one attached hydrogen (secondary N) is 2. The van der Waals surface area contributed by atoms with Crippen LogP contribution in [-0.4, -0.2) is 94.3 Å². The molecule has 2 fully saturated rings. The molecular weight excluding hydrogens is 452 g/mol. The van der Waals surface area contributed by atoms with Crippen LogP contribution >= 0.6 is 0 Å². The largest absolute Gasteiger partial charge is 0.480 e. The van der Waals surface area contributed by atoms with Gasteiger partial charge in [-0.25, -0.2) is 0 Å². The third-order valence-electron chi connectivity index (χ3n) is 6.47. The monoisotopic (exact) mass is 486 g/mol. The van der Waals surface area contributed by atoms with Gasteiger partial charge in [0.2, 0.25) is 17.7 Å². The fourth-order valence-corrected chi connectivity index (χ4v) is 4.36. The minimum atomic E-state index is -1.17. The maximum Gasteiger partial charge on any atom is 0.323 e. The minimum Gasteiger partial charge on any atom is -0.480 e. The molecule has 11 nitrogen and oxygen atoms in total. The van der Waals surface area contributed by atoms with Gasteiger partial charge in [-0.1, -0.05) is 30.3 Å². The van der Waals surface area contributed by atoms with Gasteiger partial charge in [0.05, 0.1) is 12.8 Å². The first kappa shape index (κ1) is 26.0. The van der Waals surface area contributed by atoms with Crippen LogP contribution in [0.1, 0.15) is 37.7 Å². The van der Waals surface area contributed by atoms with Crippen LogP contribution in [0.2, 0.25) is 0 Å². The number of hydrogen-bond acceptors (Lipinski definition) is 5. The second kappa shape index (κ2) is 11.7. The van der Waals surface area contributed by atoms with Crippen molar-refractivity contribution in [3.63, 3.8) is 0 Å². The standard InChI is InChI=1S/C24H34N6O5/c1-28(18-8-5-11-29(14-18)24(25)26)21(32)13-19(23(35)30(15-22(33)34)17-9-10-17)27-20(31)12-16-6-3-2-4-7-16/h2-4,6-7,17-19H,5,8-15H2,1H3,(H3,25,26)(H,27,31)(H,33,34)/t18-,19-/m0/s1. The molecule has 2 aliphatic rings. The first-order chi connectivity index (χ1) is 16.7. The van der Waals surface area contributed by atoms with E-state index in [1.54, 1.807) is 36.2 Å². The van der Waals surface area contributed by atoms with Crippen molar-refractivity contribution in [2.75, 3.05) is 26.7 Å². The average Bonchev–Trinajstić information content (AvgIpc) is 3.67. The van der Waals surface area contributed by atoms with Crippen LogP contribution in [0.25, 0.3) is 0 Å². The van der Waals surface area contributed by atoms with E-state index in [1.165, 1.54) is 9.80 Å². The summed E-state index contributed by atoms with van der Waals surface area (Å²) in [7, 11) is 1.64. The number of nitrogens with two attached hydrogens (primary N) is 1. The molecular formula is C24H34N6O5. The number of benzene rings is 1. The number of likely N-dealkylation sites (tertiary alicyclic amines) is 1. The zero-order valence-corrected chi connectivity index (χ0v) is 20.0. The molecule has 0 aromatic heterocycles. The van der Waals surface area contributed by atoms with Gasteiger partial charge in [0.15, 0.2) is 5.96 Å². The maximum absolute atomic E-state index is 13.3. The molecule has 3 amide bonds. The molecule has 190 valence electrons. The molecule has 1 aliphatic heterocycles. The van der Waals surface area contributed by atoms with Gasteiger partial charge < -0.3 is 30.9 Å². The zero-order valence-electron chi connectivity index (χ0n) is 20.0. The van der Waals surface area contributed by atoms with Crippen molar-refractivity contribution in [1.82, 2.24) is 20.0 Å². The third-order valence-corrected chi connectivity index (χ3v) is 6.47. The highest BCUT2D eigenvalue weighted by Crippen LogP contribution is 2.27. The Morgan fingerprint density at radius 2 is 1.86 bits per heavy atom. The first-order valence-electron chi connectivity index (χ1n) is 11.9. The highest BCUT2D eigenvalue weighted by Gasteiger charge is 2.39. The molecule has 0 spiro atoms. The zero-order chi connectivity index (χ0) is 25.5. The van der Waals surface area contributed by atoms with Crippen LogP contribution in [0.15, 0.2) is 30.3 Å². The molecule has 1 aliphatic carbocycles. The minimum absolute atomic E-state index is 0.0349. The van der Waals surface area contributed by atoms with E-state index >= 15 is 0 Å². The van der Waals surface area contributed by atoms with E-state index in [1.807, 2.05) is 6.07 Å². The lowest BCUT2D eigenvalue weighted by atomic mass is 10.0. The highest BCUT2D eigenvalue weighted by molar-refractivity contribution is 5.94. The number of nitrogens with zero attached hydrogens (tertiary/aromatic N) is 3. The Bertz CT molecular complexity index is 951. The van der Waals surface area contributed by atoms with Crippen molar-refractivity contribution >= 4 is 29.7 Å². The Balaban J connectivity index is 1.72. The molecule has 1 heterocycles. The van der Waals surface area contributed by atoms with Crippen molar-refractivity contribution in [3.05, 3.63) is 35.9 Å². The fourth-order valence-electron chi connectivity index (χ4n) is 4.36. The third kappa shape index (κ3) is 7.43. The van der Waals surface area contributed by atoms with E-state index in [9.17, 15) is 24.3 Å². The lowest BCUT2D eigenvalue weighted by Gasteiger charge is -2.38. The molecule has 1 aromatic carbocycles. The number of amides is 3. The number of carbonyl (C=O) groups excluding carboxylic acids is 3. The molecule has 2 atom stereocenters. The molecule has 35 heavy (non-hydrogen) atoms. The van der Waals surface area contributed by atoms with Crippen molar-refractivity contribution in [2.45, 2.75) is 56.7 Å². The molecule has 11 heteroatoms. The molecule has 0 bridgehead atoms. The molecule has 0 unspecified atom stereocenters. The quantitative estimate of drug-likeness (QED) is 0.267. The van der Waals surface area contributed by atoms with Crippen LogP contribution in [0.3, 0.4) is 0 Å². The van der Waals surface area contributed by atoms with Gasteiger partial charge >= 0.3 is 5.97 Å². The Kier molecular flexibility index (Phi) is 8.67. The molecule has 1 saturated carbocycles. The summed E-state index contributed by atoms with van der Waals surface area (Å²) in [6, 6.07) is 7.48. The van der Waals surface area contributed by atoms with Crippen LogP contribution in [0.5, 0.6) is 0 Å². The number of carboxylic acids is 1. The normalized spacial score (nSPS) is 18.3. The Labute approximate surface area is 204 Å². The topological polar surface area (TPSA) is 160 Å². The Morgan fingerprint density at radius 1 is 1.17 bits per heavy atom. The Morgan fingerprint density at radius 3 is 2.46 bits per heavy atom. The second-order valence-electron chi connectivity index (χ2n) is 9.21. The lowest BCUT2D eigenvalue weighted by Crippen LogP contribution is -2.55. The number of likely N-dealkylation sites (N-methyl/N-ethyl adjacent to an activating group) is 1. The summed E-state index contributed by atoms with van der Waals surface area (Å²) >= 11 is 0. The summed E-state index contributed by atoms with van der Waals surface area (Å²) in [6.45, 7) is 0.592. The first-order valence-corrected chi connectivity index (χ1v) is 11.9. The van der Waals surface area contributed by atoms with Gasteiger partial charge in [0, 0.05) is 32.2 Å². The Hall–Kier alpha value is -3.63. The highest BCUT2D eigenvalue weighted by atomic mass is 16.4. The summed E-state index contributed by atoms with van der Waals surface area (Å²) < 4.78 is 0. The summed E-state index contributed by atoms with van der Waals surface area (Å²) in [5.41, 5.74) is 6.37. The van der Waals surface area contributed by atoms with Gasteiger partial charge in [-0.05, 0) is 31.2 Å². The van der Waals surface area contributed by atoms with Crippen molar-refractivity contribution in [1.29, 1.82) is 5.41 Å². The van der Waals surface area contributed by atoms with Gasteiger partial charge in [0.1, 0.15) is 12.6 Å². The maximum atomic E-state index is 13.3. The number of hydrogen-bond donors (Lipinski definition) is 4. The molecule has 3 rings (SSSR count). The number of rotatable bonds is 10. The van der Waals surface area contributed by atoms with E-state index in [0.29, 0.717) is 25.9 Å². The number of aliphatic carboxylic acids is 1. The van der Waals surface area contributed by atoms with Crippen molar-refractivity contribution < 1.29 is 24.3 Å². The molecule has 5 N–H and O–H groups in total. The number of piperidine rings is 1. The van der Waals surface area contributed by atoms with E-state index < -0.39 is 30.4 Å². The van der Waals surface area contributed by atoms with Crippen molar-refractivity contribution in [2.24, 2.45) is 5.73 Å². The molecule has 1 aromatic rings. The lowest BCUT2D eigenvalue weighted by molar-refractivity contribution is -0.147. The van der Waals surface area contributed by atoms with E-state index in [-0.39, 0.29) is 36.8 Å². The van der Waals surface area contributed by atoms with Gasteiger partial charge in [-0.2, -0.15) is 0 Å². The molecule has 0 radical (unpaired) electrons. The second-order valence-corrected chi connectivity index (χ2v) is 9.21. The average molecular weight is 487 g/mol. The SMILES string of the molecule is CN(C(=O)C[C@H](NC(=O)Cc1ccccc1)C(=O)N(CC(=O)O)C1CC1)[C@H]1CCCN(C(=N)N)C1. The predicted molar refractivity (Wildman–Crippen MR) is 128 cm³/mol. The van der Waals surface area contributed by atoms with Crippen LogP contribution in [0, 0.1) is 5.41 Å². The van der Waals surface area contributed by atoms with E-state index in [4.69, 9.17) is 11.1 Å². The van der Waals surface area contributed by atoms with Gasteiger partial charge in [-0.3, -0.25) is 24.6 Å². The fraction of sp³-hybridized carbons (Fsp3) is 0.542. The smallest absolute Gasteiger partial charge is 0.323 e. The summed E-state index contributed by atoms with van der Waals surface area (Å²) in [4.78, 5) is 55.2. The van der Waals surface area contributed by atoms with Crippen LogP contribution in [-0.2, 0) is 25.6 Å². The number of carbonyl (C=O) groups is 4. The molecule has 1 saturated heterocycles. The number of guanidine groups is 1. The summed E-state index contributed by atoms with van der Waals surface area (Å²) in [5.74, 6) is -2.52. The van der Waals surface area contributed by atoms with Gasteiger partial charge in [-0.15, -0.1) is 0 Å². The summed E-state index contributed by atoms with van der Waals surface area (Å²) in [5, 5.41) is 19.6. The van der Waals surface area contributed by atoms with Gasteiger partial charge in [0.25, 0.3) is 0 Å². The van der Waals surface area contributed by atoms with E-state index in [2.05, 4.69) is 5.32 Å².